The lowest BCUT2D eigenvalue weighted by Gasteiger charge is -2.12. The molecule has 2 rings (SSSR count). The Balaban J connectivity index is 1.84. The lowest BCUT2D eigenvalue weighted by atomic mass is 10.1. The van der Waals surface area contributed by atoms with Crippen molar-refractivity contribution in [1.82, 2.24) is 15.3 Å². The van der Waals surface area contributed by atoms with E-state index in [0.717, 1.165) is 22.7 Å². The molecule has 0 aliphatic heterocycles. The number of nitrogens with zero attached hydrogens (tertiary/aromatic N) is 3. The van der Waals surface area contributed by atoms with Crippen LogP contribution in [0.3, 0.4) is 0 Å². The van der Waals surface area contributed by atoms with Crippen molar-refractivity contribution in [3.8, 4) is 5.75 Å². The number of hydrogen-bond donors (Lipinski definition) is 1. The highest BCUT2D eigenvalue weighted by molar-refractivity contribution is 5.76. The summed E-state index contributed by atoms with van der Waals surface area (Å²) >= 11 is 0. The average Bonchev–Trinajstić information content (AvgIpc) is 2.58. The third-order valence-corrected chi connectivity index (χ3v) is 3.56. The topological polar surface area (TPSA) is 67.3 Å². The van der Waals surface area contributed by atoms with Crippen LogP contribution in [0.4, 0.5) is 5.95 Å². The van der Waals surface area contributed by atoms with Gasteiger partial charge in [-0.15, -0.1) is 0 Å². The maximum Gasteiger partial charge on any atom is 0.225 e. The van der Waals surface area contributed by atoms with Crippen LogP contribution >= 0.6 is 0 Å². The lowest BCUT2D eigenvalue weighted by Crippen LogP contribution is -2.24. The summed E-state index contributed by atoms with van der Waals surface area (Å²) in [5.74, 6) is 1.48. The minimum Gasteiger partial charge on any atom is -0.497 e. The van der Waals surface area contributed by atoms with E-state index in [2.05, 4.69) is 15.3 Å². The van der Waals surface area contributed by atoms with Gasteiger partial charge in [0.1, 0.15) is 5.75 Å². The van der Waals surface area contributed by atoms with Crippen molar-refractivity contribution >= 4 is 11.9 Å². The number of aryl methyl sites for hydroxylation is 2. The Morgan fingerprint density at radius 3 is 2.54 bits per heavy atom. The quantitative estimate of drug-likeness (QED) is 0.843. The minimum atomic E-state index is 0.00786. The molecule has 1 heterocycles. The fourth-order valence-corrected chi connectivity index (χ4v) is 2.24. The van der Waals surface area contributed by atoms with Crippen molar-refractivity contribution < 1.29 is 9.53 Å². The molecule has 1 aromatic carbocycles. The van der Waals surface area contributed by atoms with Gasteiger partial charge in [0.05, 0.1) is 19.3 Å². The first-order valence-electron chi connectivity index (χ1n) is 7.89. The first-order valence-corrected chi connectivity index (χ1v) is 7.89. The van der Waals surface area contributed by atoms with Crippen LogP contribution in [0.25, 0.3) is 0 Å². The summed E-state index contributed by atoms with van der Waals surface area (Å²) in [6, 6.07) is 9.64. The smallest absolute Gasteiger partial charge is 0.225 e. The highest BCUT2D eigenvalue weighted by Gasteiger charge is 2.07. The van der Waals surface area contributed by atoms with Gasteiger partial charge in [-0.25, -0.2) is 9.97 Å². The zero-order valence-electron chi connectivity index (χ0n) is 14.7. The van der Waals surface area contributed by atoms with E-state index in [-0.39, 0.29) is 5.91 Å². The highest BCUT2D eigenvalue weighted by atomic mass is 16.5. The standard InChI is InChI=1S/C18H24N4O2/c1-13-11-15(21-18(20-13)22(2)3)12-19-17(23)10-7-14-5-8-16(24-4)9-6-14/h5-6,8-9,11H,7,10,12H2,1-4H3,(H,19,23). The maximum absolute atomic E-state index is 12.0. The molecule has 24 heavy (non-hydrogen) atoms. The maximum atomic E-state index is 12.0. The van der Waals surface area contributed by atoms with Gasteiger partial charge in [0, 0.05) is 26.2 Å². The number of anilines is 1. The van der Waals surface area contributed by atoms with Crippen molar-refractivity contribution in [1.29, 1.82) is 0 Å². The summed E-state index contributed by atoms with van der Waals surface area (Å²) in [6.45, 7) is 2.33. The Morgan fingerprint density at radius 1 is 1.21 bits per heavy atom. The zero-order valence-corrected chi connectivity index (χ0v) is 14.7. The number of amides is 1. The Kier molecular flexibility index (Phi) is 6.12. The van der Waals surface area contributed by atoms with E-state index in [1.807, 2.05) is 56.3 Å². The summed E-state index contributed by atoms with van der Waals surface area (Å²) < 4.78 is 5.12. The van der Waals surface area contributed by atoms with Crippen LogP contribution in [-0.4, -0.2) is 37.1 Å². The summed E-state index contributed by atoms with van der Waals surface area (Å²) in [5.41, 5.74) is 2.80. The van der Waals surface area contributed by atoms with Crippen LogP contribution < -0.4 is 15.0 Å². The molecule has 1 aromatic heterocycles. The van der Waals surface area contributed by atoms with Crippen molar-refractivity contribution in [2.75, 3.05) is 26.1 Å². The normalized spacial score (nSPS) is 10.3. The molecule has 128 valence electrons. The van der Waals surface area contributed by atoms with E-state index in [0.29, 0.717) is 25.3 Å². The van der Waals surface area contributed by atoms with Crippen LogP contribution in [-0.2, 0) is 17.8 Å². The van der Waals surface area contributed by atoms with E-state index in [4.69, 9.17) is 4.74 Å². The Hall–Kier alpha value is -2.63. The number of carbonyl (C=O) groups excluding carboxylic acids is 1. The second-order valence-electron chi connectivity index (χ2n) is 5.82. The molecule has 0 radical (unpaired) electrons. The highest BCUT2D eigenvalue weighted by Crippen LogP contribution is 2.12. The van der Waals surface area contributed by atoms with Gasteiger partial charge >= 0.3 is 0 Å². The van der Waals surface area contributed by atoms with Crippen molar-refractivity contribution in [2.24, 2.45) is 0 Å². The number of benzene rings is 1. The number of hydrogen-bond acceptors (Lipinski definition) is 5. The molecule has 1 N–H and O–H groups in total. The van der Waals surface area contributed by atoms with Crippen LogP contribution in [0.1, 0.15) is 23.4 Å². The minimum absolute atomic E-state index is 0.00786. The van der Waals surface area contributed by atoms with Gasteiger partial charge in [0.2, 0.25) is 11.9 Å². The molecule has 0 aliphatic carbocycles. The molecular weight excluding hydrogens is 304 g/mol. The van der Waals surface area contributed by atoms with Gasteiger partial charge in [-0.2, -0.15) is 0 Å². The van der Waals surface area contributed by atoms with Crippen LogP contribution in [0.2, 0.25) is 0 Å². The van der Waals surface area contributed by atoms with Crippen molar-refractivity contribution in [3.63, 3.8) is 0 Å². The fourth-order valence-electron chi connectivity index (χ4n) is 2.24. The number of aromatic nitrogens is 2. The zero-order chi connectivity index (χ0) is 17.5. The van der Waals surface area contributed by atoms with Gasteiger partial charge in [-0.05, 0) is 37.1 Å². The monoisotopic (exact) mass is 328 g/mol. The van der Waals surface area contributed by atoms with Crippen LogP contribution in [0.5, 0.6) is 5.75 Å². The van der Waals surface area contributed by atoms with Crippen molar-refractivity contribution in [3.05, 3.63) is 47.3 Å². The number of rotatable bonds is 7. The molecule has 0 atom stereocenters. The summed E-state index contributed by atoms with van der Waals surface area (Å²) in [5, 5.41) is 2.91. The van der Waals surface area contributed by atoms with E-state index >= 15 is 0 Å². The predicted octanol–water partition coefficient (Wildman–Crippen LogP) is 2.11. The molecule has 6 nitrogen and oxygen atoms in total. The molecule has 0 saturated carbocycles. The van der Waals surface area contributed by atoms with Gasteiger partial charge in [0.25, 0.3) is 0 Å². The molecule has 0 spiro atoms. The molecule has 0 unspecified atom stereocenters. The Labute approximate surface area is 142 Å². The SMILES string of the molecule is COc1ccc(CCC(=O)NCc2cc(C)nc(N(C)C)n2)cc1. The lowest BCUT2D eigenvalue weighted by molar-refractivity contribution is -0.121. The first-order chi connectivity index (χ1) is 11.5. The van der Waals surface area contributed by atoms with Crippen LogP contribution in [0, 0.1) is 6.92 Å². The molecule has 0 fully saturated rings. The average molecular weight is 328 g/mol. The van der Waals surface area contributed by atoms with Gasteiger partial charge < -0.3 is 15.0 Å². The summed E-state index contributed by atoms with van der Waals surface area (Å²) in [4.78, 5) is 22.6. The molecular formula is C18H24N4O2. The van der Waals surface area contributed by atoms with Crippen LogP contribution in [0.15, 0.2) is 30.3 Å². The molecule has 1 amide bonds. The summed E-state index contributed by atoms with van der Waals surface area (Å²) in [7, 11) is 5.43. The third kappa shape index (κ3) is 5.22. The largest absolute Gasteiger partial charge is 0.497 e. The number of nitrogens with one attached hydrogen (secondary N) is 1. The predicted molar refractivity (Wildman–Crippen MR) is 94.3 cm³/mol. The van der Waals surface area contributed by atoms with Gasteiger partial charge in [-0.1, -0.05) is 12.1 Å². The first kappa shape index (κ1) is 17.7. The van der Waals surface area contributed by atoms with Crippen molar-refractivity contribution in [2.45, 2.75) is 26.3 Å². The number of carbonyl (C=O) groups is 1. The number of ether oxygens (including phenoxy) is 1. The van der Waals surface area contributed by atoms with E-state index < -0.39 is 0 Å². The van der Waals surface area contributed by atoms with Gasteiger partial charge in [0.15, 0.2) is 0 Å². The molecule has 0 aliphatic rings. The molecule has 0 bridgehead atoms. The van der Waals surface area contributed by atoms with E-state index in [1.54, 1.807) is 7.11 Å². The van der Waals surface area contributed by atoms with E-state index in [9.17, 15) is 4.79 Å². The Bertz CT molecular complexity index is 684. The molecule has 2 aromatic rings. The summed E-state index contributed by atoms with van der Waals surface area (Å²) in [6.07, 6.45) is 1.14. The fraction of sp³-hybridized carbons (Fsp3) is 0.389. The van der Waals surface area contributed by atoms with Gasteiger partial charge in [-0.3, -0.25) is 4.79 Å². The molecule has 0 saturated heterocycles. The number of methoxy groups -OCH3 is 1. The molecule has 6 heteroatoms. The van der Waals surface area contributed by atoms with E-state index in [1.165, 1.54) is 0 Å². The second kappa shape index (κ2) is 8.29. The Morgan fingerprint density at radius 2 is 1.92 bits per heavy atom. The third-order valence-electron chi connectivity index (χ3n) is 3.56. The second-order valence-corrected chi connectivity index (χ2v) is 5.82.